The summed E-state index contributed by atoms with van der Waals surface area (Å²) in [6.07, 6.45) is 4.20. The van der Waals surface area contributed by atoms with Gasteiger partial charge in [0.15, 0.2) is 5.90 Å². The maximum absolute atomic E-state index is 5.44. The van der Waals surface area contributed by atoms with Gasteiger partial charge in [-0.2, -0.15) is 0 Å². The van der Waals surface area contributed by atoms with Gasteiger partial charge in [0, 0.05) is 6.92 Å². The Morgan fingerprint density at radius 3 is 3.00 bits per heavy atom. The molecule has 2 aliphatic rings. The topological polar surface area (TPSA) is 21.6 Å². The van der Waals surface area contributed by atoms with E-state index in [4.69, 9.17) is 4.74 Å². The van der Waals surface area contributed by atoms with Crippen molar-refractivity contribution < 1.29 is 4.74 Å². The van der Waals surface area contributed by atoms with Gasteiger partial charge in [0.25, 0.3) is 0 Å². The molecule has 0 saturated heterocycles. The highest BCUT2D eigenvalue weighted by Crippen LogP contribution is 2.29. The Bertz CT molecular complexity index is 158. The van der Waals surface area contributed by atoms with Gasteiger partial charge in [0.05, 0.1) is 6.04 Å². The number of ether oxygens (including phenoxy) is 1. The lowest BCUT2D eigenvalue weighted by Crippen LogP contribution is -2.13. The maximum atomic E-state index is 5.44. The summed E-state index contributed by atoms with van der Waals surface area (Å²) in [5.74, 6) is 0.893. The van der Waals surface area contributed by atoms with Crippen molar-refractivity contribution in [3.05, 3.63) is 0 Å². The van der Waals surface area contributed by atoms with Crippen molar-refractivity contribution in [3.63, 3.8) is 0 Å². The monoisotopic (exact) mass is 161 g/mol. The van der Waals surface area contributed by atoms with E-state index in [0.717, 1.165) is 5.90 Å². The zero-order chi connectivity index (χ0) is 6.27. The normalized spacial score (nSPS) is 35.9. The fourth-order valence-electron chi connectivity index (χ4n) is 1.67. The Morgan fingerprint density at radius 1 is 1.50 bits per heavy atom. The minimum Gasteiger partial charge on any atom is -0.476 e. The molecule has 3 heteroatoms. The van der Waals surface area contributed by atoms with Crippen molar-refractivity contribution in [2.45, 2.75) is 38.3 Å². The molecule has 0 aromatic carbocycles. The second kappa shape index (κ2) is 2.79. The lowest BCUT2D eigenvalue weighted by molar-refractivity contribution is 0.209. The molecule has 2 rings (SSSR count). The van der Waals surface area contributed by atoms with Gasteiger partial charge < -0.3 is 4.74 Å². The second-order valence-electron chi connectivity index (χ2n) is 2.80. The number of hydrogen-bond donors (Lipinski definition) is 0. The average molecular weight is 162 g/mol. The van der Waals surface area contributed by atoms with Crippen LogP contribution < -0.4 is 0 Å². The van der Waals surface area contributed by atoms with E-state index >= 15 is 0 Å². The van der Waals surface area contributed by atoms with Crippen LogP contribution in [0.2, 0.25) is 0 Å². The molecule has 0 aromatic rings. The van der Waals surface area contributed by atoms with Crippen molar-refractivity contribution in [3.8, 4) is 0 Å². The number of aliphatic imine (C=N–C) groups is 1. The third kappa shape index (κ3) is 1.12. The van der Waals surface area contributed by atoms with E-state index in [1.807, 2.05) is 6.92 Å². The largest absolute Gasteiger partial charge is 0.476 e. The van der Waals surface area contributed by atoms with Crippen molar-refractivity contribution >= 4 is 18.3 Å². The molecule has 0 unspecified atom stereocenters. The first kappa shape index (κ1) is 7.86. The molecule has 1 heterocycles. The van der Waals surface area contributed by atoms with Crippen molar-refractivity contribution in [1.29, 1.82) is 0 Å². The van der Waals surface area contributed by atoms with Crippen LogP contribution in [0.3, 0.4) is 0 Å². The molecule has 2 atom stereocenters. The summed E-state index contributed by atoms with van der Waals surface area (Å²) >= 11 is 0. The van der Waals surface area contributed by atoms with Gasteiger partial charge in [-0.05, 0) is 19.3 Å². The van der Waals surface area contributed by atoms with Crippen LogP contribution in [0.25, 0.3) is 0 Å². The Kier molecular flexibility index (Phi) is 2.19. The third-order valence-corrected chi connectivity index (χ3v) is 2.09. The van der Waals surface area contributed by atoms with E-state index in [1.54, 1.807) is 0 Å². The predicted octanol–water partition coefficient (Wildman–Crippen LogP) is 1.78. The number of nitrogens with zero attached hydrogens (tertiary/aromatic N) is 1. The molecule has 0 bridgehead atoms. The fourth-order valence-corrected chi connectivity index (χ4v) is 1.67. The van der Waals surface area contributed by atoms with E-state index in [9.17, 15) is 0 Å². The van der Waals surface area contributed by atoms with Gasteiger partial charge in [-0.15, -0.1) is 12.4 Å². The molecule has 58 valence electrons. The molecule has 0 spiro atoms. The van der Waals surface area contributed by atoms with E-state index in [1.165, 1.54) is 19.3 Å². The van der Waals surface area contributed by atoms with E-state index in [2.05, 4.69) is 4.99 Å². The molecule has 1 aliphatic carbocycles. The van der Waals surface area contributed by atoms with Crippen LogP contribution in [-0.4, -0.2) is 18.0 Å². The van der Waals surface area contributed by atoms with Gasteiger partial charge in [-0.25, -0.2) is 4.99 Å². The first-order valence-corrected chi connectivity index (χ1v) is 3.57. The maximum Gasteiger partial charge on any atom is 0.180 e. The minimum absolute atomic E-state index is 0. The molecule has 0 aromatic heterocycles. The van der Waals surface area contributed by atoms with Crippen molar-refractivity contribution in [2.24, 2.45) is 4.99 Å². The number of rotatable bonds is 0. The van der Waals surface area contributed by atoms with Crippen LogP contribution in [0.5, 0.6) is 0 Å². The molecule has 1 saturated carbocycles. The minimum atomic E-state index is 0. The Labute approximate surface area is 67.1 Å². The summed E-state index contributed by atoms with van der Waals surface area (Å²) in [7, 11) is 0. The Morgan fingerprint density at radius 2 is 2.30 bits per heavy atom. The standard InChI is InChI=1S/C7H11NO.ClH/c1-5-8-6-3-2-4-7(6)9-5;/h6-7H,2-4H2,1H3;1H/t6-,7+;/m1./s1. The van der Waals surface area contributed by atoms with Crippen LogP contribution in [-0.2, 0) is 4.74 Å². The second-order valence-corrected chi connectivity index (χ2v) is 2.80. The Balaban J connectivity index is 0.000000500. The summed E-state index contributed by atoms with van der Waals surface area (Å²) in [5, 5.41) is 0. The molecule has 2 nitrogen and oxygen atoms in total. The highest BCUT2D eigenvalue weighted by molar-refractivity contribution is 5.85. The van der Waals surface area contributed by atoms with Crippen LogP contribution in [0.1, 0.15) is 26.2 Å². The zero-order valence-corrected chi connectivity index (χ0v) is 6.86. The first-order valence-electron chi connectivity index (χ1n) is 3.57. The molecule has 0 amide bonds. The van der Waals surface area contributed by atoms with Crippen LogP contribution >= 0.6 is 12.4 Å². The molecule has 1 fully saturated rings. The molecule has 10 heavy (non-hydrogen) atoms. The number of halogens is 1. The summed E-state index contributed by atoms with van der Waals surface area (Å²) in [6, 6.07) is 0.519. The molecule has 0 radical (unpaired) electrons. The number of hydrogen-bond acceptors (Lipinski definition) is 2. The van der Waals surface area contributed by atoms with Crippen LogP contribution in [0.4, 0.5) is 0 Å². The van der Waals surface area contributed by atoms with Gasteiger partial charge >= 0.3 is 0 Å². The van der Waals surface area contributed by atoms with E-state index < -0.39 is 0 Å². The van der Waals surface area contributed by atoms with E-state index in [-0.39, 0.29) is 12.4 Å². The quantitative estimate of drug-likeness (QED) is 0.531. The highest BCUT2D eigenvalue weighted by Gasteiger charge is 2.33. The van der Waals surface area contributed by atoms with Crippen LogP contribution in [0.15, 0.2) is 4.99 Å². The summed E-state index contributed by atoms with van der Waals surface area (Å²) in [5.41, 5.74) is 0. The molecule has 0 N–H and O–H groups in total. The van der Waals surface area contributed by atoms with Gasteiger partial charge in [-0.1, -0.05) is 0 Å². The summed E-state index contributed by atoms with van der Waals surface area (Å²) in [6.45, 7) is 1.94. The SMILES string of the molecule is CC1=N[C@@H]2CCC[C@@H]2O1.Cl. The van der Waals surface area contributed by atoms with Crippen molar-refractivity contribution in [2.75, 3.05) is 0 Å². The van der Waals surface area contributed by atoms with Gasteiger partial charge in [0.2, 0.25) is 0 Å². The Hall–Kier alpha value is -0.240. The zero-order valence-electron chi connectivity index (χ0n) is 6.04. The van der Waals surface area contributed by atoms with Crippen molar-refractivity contribution in [1.82, 2.24) is 0 Å². The molecular weight excluding hydrogens is 150 g/mol. The molecule has 1 aliphatic heterocycles. The highest BCUT2D eigenvalue weighted by atomic mass is 35.5. The third-order valence-electron chi connectivity index (χ3n) is 2.09. The predicted molar refractivity (Wildman–Crippen MR) is 42.9 cm³/mol. The molecular formula is C7H12ClNO. The number of fused-ring (bicyclic) bond motifs is 1. The van der Waals surface area contributed by atoms with Gasteiger partial charge in [0.1, 0.15) is 6.10 Å². The summed E-state index contributed by atoms with van der Waals surface area (Å²) < 4.78 is 5.44. The lowest BCUT2D eigenvalue weighted by atomic mass is 10.2. The smallest absolute Gasteiger partial charge is 0.180 e. The lowest BCUT2D eigenvalue weighted by Gasteiger charge is -2.05. The average Bonchev–Trinajstić information content (AvgIpc) is 2.22. The fraction of sp³-hybridized carbons (Fsp3) is 0.857. The van der Waals surface area contributed by atoms with E-state index in [0.29, 0.717) is 12.1 Å². The summed E-state index contributed by atoms with van der Waals surface area (Å²) in [4.78, 5) is 4.34. The van der Waals surface area contributed by atoms with Gasteiger partial charge in [-0.3, -0.25) is 0 Å². The first-order chi connectivity index (χ1) is 4.36. The van der Waals surface area contributed by atoms with Crippen LogP contribution in [0, 0.1) is 0 Å².